The summed E-state index contributed by atoms with van der Waals surface area (Å²) < 4.78 is 7.97. The van der Waals surface area contributed by atoms with Crippen LogP contribution in [0.15, 0.2) is 53.0 Å². The van der Waals surface area contributed by atoms with Crippen LogP contribution in [0.5, 0.6) is 5.75 Å². The zero-order chi connectivity index (χ0) is 22.9. The third-order valence-corrected chi connectivity index (χ3v) is 6.92. The normalized spacial score (nSPS) is 12.3. The van der Waals surface area contributed by atoms with E-state index >= 15 is 0 Å². The van der Waals surface area contributed by atoms with Crippen LogP contribution >= 0.6 is 23.1 Å². The summed E-state index contributed by atoms with van der Waals surface area (Å²) in [6.07, 6.45) is 1.00. The van der Waals surface area contributed by atoms with Crippen molar-refractivity contribution in [1.82, 2.24) is 20.1 Å². The molecule has 0 spiro atoms. The fraction of sp³-hybridized carbons (Fsp3) is 0.458. The smallest absolute Gasteiger partial charge is 0.230 e. The Morgan fingerprint density at radius 1 is 1.12 bits per heavy atom. The molecular weight excluding hydrogens is 440 g/mol. The first-order valence-corrected chi connectivity index (χ1v) is 12.9. The predicted molar refractivity (Wildman–Crippen MR) is 131 cm³/mol. The number of rotatable bonds is 12. The number of thiophene rings is 1. The van der Waals surface area contributed by atoms with Crippen LogP contribution in [-0.4, -0.2) is 26.4 Å². The molecule has 1 atom stereocenters. The minimum Gasteiger partial charge on any atom is -0.486 e. The molecule has 3 rings (SSSR count). The third-order valence-electron chi connectivity index (χ3n) is 5.00. The van der Waals surface area contributed by atoms with E-state index < -0.39 is 0 Å². The van der Waals surface area contributed by atoms with Crippen molar-refractivity contribution in [2.75, 3.05) is 5.75 Å². The molecule has 1 N–H and O–H groups in total. The standard InChI is InChI=1S/C24H32N4O2S2/c1-17(2)12-13-28-21(15-30-19-9-6-5-7-10-19)26-27-24(28)32-16-22(29)25-23(18(3)4)20-11-8-14-31-20/h5-11,14,17-18,23H,12-13,15-16H2,1-4H3,(H,25,29). The predicted octanol–water partition coefficient (Wildman–Crippen LogP) is 5.57. The van der Waals surface area contributed by atoms with Crippen molar-refractivity contribution in [3.05, 3.63) is 58.5 Å². The zero-order valence-electron chi connectivity index (χ0n) is 19.2. The lowest BCUT2D eigenvalue weighted by molar-refractivity contribution is -0.119. The van der Waals surface area contributed by atoms with E-state index in [1.165, 1.54) is 16.6 Å². The van der Waals surface area contributed by atoms with Crippen molar-refractivity contribution in [2.24, 2.45) is 11.8 Å². The molecule has 0 fully saturated rings. The van der Waals surface area contributed by atoms with Gasteiger partial charge in [-0.05, 0) is 41.8 Å². The van der Waals surface area contributed by atoms with Gasteiger partial charge < -0.3 is 14.6 Å². The molecule has 3 aromatic rings. The number of para-hydroxylation sites is 1. The molecule has 172 valence electrons. The van der Waals surface area contributed by atoms with E-state index in [2.05, 4.69) is 53.8 Å². The molecule has 6 nitrogen and oxygen atoms in total. The van der Waals surface area contributed by atoms with E-state index in [9.17, 15) is 4.79 Å². The van der Waals surface area contributed by atoms with E-state index in [0.29, 0.717) is 24.2 Å². The summed E-state index contributed by atoms with van der Waals surface area (Å²) >= 11 is 3.10. The molecule has 8 heteroatoms. The molecule has 0 saturated carbocycles. The Morgan fingerprint density at radius 3 is 2.56 bits per heavy atom. The second kappa shape index (κ2) is 12.1. The number of thioether (sulfide) groups is 1. The summed E-state index contributed by atoms with van der Waals surface area (Å²) in [5.41, 5.74) is 0. The average Bonchev–Trinajstić information content (AvgIpc) is 3.43. The highest BCUT2D eigenvalue weighted by Gasteiger charge is 2.20. The molecular formula is C24H32N4O2S2. The van der Waals surface area contributed by atoms with Crippen LogP contribution in [0.2, 0.25) is 0 Å². The van der Waals surface area contributed by atoms with Crippen LogP contribution in [0, 0.1) is 11.8 Å². The third kappa shape index (κ3) is 7.10. The fourth-order valence-electron chi connectivity index (χ4n) is 3.19. The maximum absolute atomic E-state index is 12.7. The fourth-order valence-corrected chi connectivity index (χ4v) is 4.93. The number of carbonyl (C=O) groups excluding carboxylic acids is 1. The first kappa shape index (κ1) is 24.3. The Kier molecular flexibility index (Phi) is 9.17. The molecule has 1 amide bonds. The molecule has 0 aliphatic heterocycles. The lowest BCUT2D eigenvalue weighted by atomic mass is 10.0. The molecule has 0 radical (unpaired) electrons. The summed E-state index contributed by atoms with van der Waals surface area (Å²) in [5, 5.41) is 14.7. The summed E-state index contributed by atoms with van der Waals surface area (Å²) in [4.78, 5) is 13.9. The minimum absolute atomic E-state index is 0.00240. The molecule has 0 saturated heterocycles. The first-order chi connectivity index (χ1) is 15.4. The highest BCUT2D eigenvalue weighted by Crippen LogP contribution is 2.26. The maximum atomic E-state index is 12.7. The van der Waals surface area contributed by atoms with E-state index in [1.807, 2.05) is 41.8 Å². The Hall–Kier alpha value is -2.32. The van der Waals surface area contributed by atoms with Gasteiger partial charge in [0.2, 0.25) is 5.91 Å². The highest BCUT2D eigenvalue weighted by molar-refractivity contribution is 7.99. The Morgan fingerprint density at radius 2 is 1.91 bits per heavy atom. The van der Waals surface area contributed by atoms with Crippen molar-refractivity contribution in [3.8, 4) is 5.75 Å². The zero-order valence-corrected chi connectivity index (χ0v) is 20.8. The number of nitrogens with zero attached hydrogens (tertiary/aromatic N) is 3. The molecule has 32 heavy (non-hydrogen) atoms. The molecule has 2 aromatic heterocycles. The van der Waals surface area contributed by atoms with Gasteiger partial charge in [-0.15, -0.1) is 21.5 Å². The van der Waals surface area contributed by atoms with Crippen LogP contribution in [0.1, 0.15) is 50.9 Å². The molecule has 0 bridgehead atoms. The average molecular weight is 473 g/mol. The second-order valence-corrected chi connectivity index (χ2v) is 10.3. The van der Waals surface area contributed by atoms with Gasteiger partial charge in [-0.2, -0.15) is 0 Å². The number of aromatic nitrogens is 3. The van der Waals surface area contributed by atoms with Crippen molar-refractivity contribution < 1.29 is 9.53 Å². The lowest BCUT2D eigenvalue weighted by Gasteiger charge is -2.21. The number of amides is 1. The number of benzene rings is 1. The Bertz CT molecular complexity index is 956. The number of hydrogen-bond donors (Lipinski definition) is 1. The van der Waals surface area contributed by atoms with Gasteiger partial charge in [0.25, 0.3) is 0 Å². The number of carbonyl (C=O) groups is 1. The van der Waals surface area contributed by atoms with Crippen LogP contribution in [-0.2, 0) is 17.9 Å². The maximum Gasteiger partial charge on any atom is 0.230 e. The van der Waals surface area contributed by atoms with Gasteiger partial charge in [0, 0.05) is 11.4 Å². The SMILES string of the molecule is CC(C)CCn1c(COc2ccccc2)nnc1SCC(=O)NC(c1cccs1)C(C)C. The molecule has 2 heterocycles. The second-order valence-electron chi connectivity index (χ2n) is 8.43. The summed E-state index contributed by atoms with van der Waals surface area (Å²) in [7, 11) is 0. The summed E-state index contributed by atoms with van der Waals surface area (Å²) in [6, 6.07) is 13.8. The van der Waals surface area contributed by atoms with Gasteiger partial charge in [-0.25, -0.2) is 0 Å². The quantitative estimate of drug-likeness (QED) is 0.349. The van der Waals surface area contributed by atoms with Gasteiger partial charge in [-0.1, -0.05) is 63.7 Å². The van der Waals surface area contributed by atoms with Crippen molar-refractivity contribution in [2.45, 2.75) is 58.5 Å². The van der Waals surface area contributed by atoms with Crippen LogP contribution < -0.4 is 10.1 Å². The van der Waals surface area contributed by atoms with Crippen molar-refractivity contribution in [3.63, 3.8) is 0 Å². The van der Waals surface area contributed by atoms with E-state index in [1.54, 1.807) is 11.3 Å². The van der Waals surface area contributed by atoms with Gasteiger partial charge >= 0.3 is 0 Å². The molecule has 1 unspecified atom stereocenters. The van der Waals surface area contributed by atoms with Crippen LogP contribution in [0.3, 0.4) is 0 Å². The van der Waals surface area contributed by atoms with Gasteiger partial charge in [-0.3, -0.25) is 4.79 Å². The van der Waals surface area contributed by atoms with Crippen molar-refractivity contribution in [1.29, 1.82) is 0 Å². The topological polar surface area (TPSA) is 69.0 Å². The first-order valence-electron chi connectivity index (χ1n) is 11.0. The molecule has 1 aromatic carbocycles. The largest absolute Gasteiger partial charge is 0.486 e. The molecule has 0 aliphatic rings. The number of nitrogens with one attached hydrogen (secondary N) is 1. The monoisotopic (exact) mass is 472 g/mol. The van der Waals surface area contributed by atoms with Gasteiger partial charge in [0.15, 0.2) is 11.0 Å². The summed E-state index contributed by atoms with van der Waals surface area (Å²) in [5.74, 6) is 2.75. The lowest BCUT2D eigenvalue weighted by Crippen LogP contribution is -2.32. The number of hydrogen-bond acceptors (Lipinski definition) is 6. The number of ether oxygens (including phenoxy) is 1. The highest BCUT2D eigenvalue weighted by atomic mass is 32.2. The minimum atomic E-state index is 0.00240. The molecule has 0 aliphatic carbocycles. The van der Waals surface area contributed by atoms with Gasteiger partial charge in [0.1, 0.15) is 12.4 Å². The van der Waals surface area contributed by atoms with E-state index in [-0.39, 0.29) is 11.9 Å². The Balaban J connectivity index is 1.64. The van der Waals surface area contributed by atoms with E-state index in [0.717, 1.165) is 29.7 Å². The Labute approximate surface area is 198 Å². The van der Waals surface area contributed by atoms with E-state index in [4.69, 9.17) is 4.74 Å². The van der Waals surface area contributed by atoms with Crippen LogP contribution in [0.4, 0.5) is 0 Å². The van der Waals surface area contributed by atoms with Gasteiger partial charge in [0.05, 0.1) is 11.8 Å². The summed E-state index contributed by atoms with van der Waals surface area (Å²) in [6.45, 7) is 9.78. The van der Waals surface area contributed by atoms with Crippen LogP contribution in [0.25, 0.3) is 0 Å². The van der Waals surface area contributed by atoms with Crippen molar-refractivity contribution >= 4 is 29.0 Å².